The van der Waals surface area contributed by atoms with Gasteiger partial charge >= 0.3 is 0 Å². The number of aryl methyl sites for hydroxylation is 1. The van der Waals surface area contributed by atoms with Gasteiger partial charge in [0, 0.05) is 13.2 Å². The summed E-state index contributed by atoms with van der Waals surface area (Å²) in [4.78, 5) is 2.30. The third-order valence-corrected chi connectivity index (χ3v) is 6.30. The Balaban J connectivity index is 1.46. The number of aromatic nitrogens is 3. The number of nitrogens with zero attached hydrogens (tertiary/aromatic N) is 4. The molecule has 6 heteroatoms. The average molecular weight is 423 g/mol. The lowest BCUT2D eigenvalue weighted by molar-refractivity contribution is 0.0934. The van der Waals surface area contributed by atoms with Crippen LogP contribution in [0.3, 0.4) is 0 Å². The van der Waals surface area contributed by atoms with E-state index in [4.69, 9.17) is 4.74 Å². The second-order valence-electron chi connectivity index (χ2n) is 8.04. The Morgan fingerprint density at radius 2 is 2.00 bits per heavy atom. The lowest BCUT2D eigenvalue weighted by atomic mass is 9.99. The van der Waals surface area contributed by atoms with Crippen molar-refractivity contribution in [1.29, 1.82) is 0 Å². The molecule has 5 nitrogen and oxygen atoms in total. The highest BCUT2D eigenvalue weighted by Crippen LogP contribution is 2.25. The number of benzene rings is 2. The van der Waals surface area contributed by atoms with Crippen LogP contribution in [-0.2, 0) is 24.4 Å². The van der Waals surface area contributed by atoms with Gasteiger partial charge in [-0.3, -0.25) is 4.90 Å². The van der Waals surface area contributed by atoms with Gasteiger partial charge in [0.05, 0.1) is 19.2 Å². The molecular weight excluding hydrogens is 392 g/mol. The molecule has 3 aromatic rings. The Hall–Kier alpha value is -2.15. The monoisotopic (exact) mass is 422 g/mol. The first kappa shape index (κ1) is 21.1. The van der Waals surface area contributed by atoms with Crippen LogP contribution in [0.4, 0.5) is 0 Å². The van der Waals surface area contributed by atoms with Crippen molar-refractivity contribution in [3.8, 4) is 11.1 Å². The molecule has 1 atom stereocenters. The van der Waals surface area contributed by atoms with E-state index in [2.05, 4.69) is 88.4 Å². The van der Waals surface area contributed by atoms with Crippen LogP contribution in [0.15, 0.2) is 53.7 Å². The number of hydrogen-bond donors (Lipinski definition) is 0. The van der Waals surface area contributed by atoms with Gasteiger partial charge in [-0.1, -0.05) is 54.2 Å². The van der Waals surface area contributed by atoms with Crippen molar-refractivity contribution in [3.63, 3.8) is 0 Å². The first-order valence-electron chi connectivity index (χ1n) is 10.5. The Morgan fingerprint density at radius 1 is 1.13 bits per heavy atom. The highest BCUT2D eigenvalue weighted by molar-refractivity contribution is 7.98. The molecule has 30 heavy (non-hydrogen) atoms. The van der Waals surface area contributed by atoms with Crippen LogP contribution in [0, 0.1) is 6.92 Å². The lowest BCUT2D eigenvalue weighted by Gasteiger charge is -2.19. The Labute approximate surface area is 183 Å². The summed E-state index contributed by atoms with van der Waals surface area (Å²) in [6, 6.07) is 17.4. The maximum absolute atomic E-state index is 5.85. The molecule has 1 aliphatic rings. The standard InChI is InChI=1S/C24H30N4OS/c1-18-8-4-5-12-22(18)20-10-6-9-19(14-20)15-27(2)17-23-25-26-24(30-3)28(23)16-21-11-7-13-29-21/h4-6,8-10,12,14,21H,7,11,13,15-17H2,1-3H3/t21-/m1/s1. The fraction of sp³-hybridized carbons (Fsp3) is 0.417. The Bertz CT molecular complexity index is 981. The van der Waals surface area contributed by atoms with E-state index in [0.29, 0.717) is 0 Å². The first-order chi connectivity index (χ1) is 14.6. The Kier molecular flexibility index (Phi) is 6.87. The summed E-state index contributed by atoms with van der Waals surface area (Å²) in [5, 5.41) is 9.84. The maximum Gasteiger partial charge on any atom is 0.191 e. The van der Waals surface area contributed by atoms with Crippen LogP contribution in [0.1, 0.15) is 29.8 Å². The normalized spacial score (nSPS) is 16.5. The molecule has 0 amide bonds. The van der Waals surface area contributed by atoms with Crippen molar-refractivity contribution in [3.05, 3.63) is 65.5 Å². The predicted octanol–water partition coefficient (Wildman–Crippen LogP) is 4.79. The van der Waals surface area contributed by atoms with Gasteiger partial charge < -0.3 is 9.30 Å². The van der Waals surface area contributed by atoms with Gasteiger partial charge in [0.2, 0.25) is 0 Å². The maximum atomic E-state index is 5.85. The average Bonchev–Trinajstić information content (AvgIpc) is 3.39. The van der Waals surface area contributed by atoms with Gasteiger partial charge in [0.15, 0.2) is 5.16 Å². The highest BCUT2D eigenvalue weighted by atomic mass is 32.2. The number of ether oxygens (including phenoxy) is 1. The summed E-state index contributed by atoms with van der Waals surface area (Å²) >= 11 is 1.65. The van der Waals surface area contributed by atoms with Crippen molar-refractivity contribution in [2.24, 2.45) is 0 Å². The molecule has 1 aromatic heterocycles. The van der Waals surface area contributed by atoms with E-state index >= 15 is 0 Å². The molecule has 0 N–H and O–H groups in total. The number of hydrogen-bond acceptors (Lipinski definition) is 5. The van der Waals surface area contributed by atoms with Gasteiger partial charge in [-0.05, 0) is 61.4 Å². The van der Waals surface area contributed by atoms with E-state index in [9.17, 15) is 0 Å². The summed E-state index contributed by atoms with van der Waals surface area (Å²) in [5.74, 6) is 1.01. The van der Waals surface area contributed by atoms with E-state index in [1.165, 1.54) is 22.3 Å². The zero-order chi connectivity index (χ0) is 20.9. The molecule has 0 bridgehead atoms. The summed E-state index contributed by atoms with van der Waals surface area (Å²) in [7, 11) is 2.14. The molecule has 0 saturated carbocycles. The van der Waals surface area contributed by atoms with Gasteiger partial charge in [-0.25, -0.2) is 0 Å². The van der Waals surface area contributed by atoms with E-state index in [1.807, 2.05) is 0 Å². The molecule has 158 valence electrons. The zero-order valence-corrected chi connectivity index (χ0v) is 18.9. The quantitative estimate of drug-likeness (QED) is 0.489. The van der Waals surface area contributed by atoms with Crippen molar-refractivity contribution in [2.75, 3.05) is 19.9 Å². The van der Waals surface area contributed by atoms with Gasteiger partial charge in [-0.15, -0.1) is 10.2 Å². The molecule has 0 unspecified atom stereocenters. The van der Waals surface area contributed by atoms with Crippen LogP contribution in [0.2, 0.25) is 0 Å². The van der Waals surface area contributed by atoms with Gasteiger partial charge in [0.1, 0.15) is 5.82 Å². The molecule has 4 rings (SSSR count). The first-order valence-corrected chi connectivity index (χ1v) is 11.8. The molecule has 1 saturated heterocycles. The molecule has 2 aromatic carbocycles. The summed E-state index contributed by atoms with van der Waals surface area (Å²) in [5.41, 5.74) is 5.16. The summed E-state index contributed by atoms with van der Waals surface area (Å²) in [6.45, 7) is 5.50. The highest BCUT2D eigenvalue weighted by Gasteiger charge is 2.21. The van der Waals surface area contributed by atoms with E-state index in [1.54, 1.807) is 11.8 Å². The van der Waals surface area contributed by atoms with Crippen LogP contribution < -0.4 is 0 Å². The third-order valence-electron chi connectivity index (χ3n) is 5.63. The molecule has 1 fully saturated rings. The minimum atomic E-state index is 0.279. The van der Waals surface area contributed by atoms with Crippen LogP contribution in [0.25, 0.3) is 11.1 Å². The second-order valence-corrected chi connectivity index (χ2v) is 8.81. The number of thioether (sulfide) groups is 1. The molecule has 2 heterocycles. The molecule has 0 spiro atoms. The van der Waals surface area contributed by atoms with Crippen molar-refractivity contribution >= 4 is 11.8 Å². The van der Waals surface area contributed by atoms with Crippen LogP contribution in [0.5, 0.6) is 0 Å². The lowest BCUT2D eigenvalue weighted by Crippen LogP contribution is -2.23. The predicted molar refractivity (Wildman–Crippen MR) is 123 cm³/mol. The fourth-order valence-electron chi connectivity index (χ4n) is 4.11. The van der Waals surface area contributed by atoms with Crippen molar-refractivity contribution in [1.82, 2.24) is 19.7 Å². The Morgan fingerprint density at radius 3 is 2.77 bits per heavy atom. The van der Waals surface area contributed by atoms with Gasteiger partial charge in [0.25, 0.3) is 0 Å². The largest absolute Gasteiger partial charge is 0.376 e. The molecular formula is C24H30N4OS. The molecule has 0 radical (unpaired) electrons. The van der Waals surface area contributed by atoms with Crippen LogP contribution >= 0.6 is 11.8 Å². The van der Waals surface area contributed by atoms with Gasteiger partial charge in [-0.2, -0.15) is 0 Å². The SMILES string of the molecule is CSc1nnc(CN(C)Cc2cccc(-c3ccccc3C)c2)n1C[C@H]1CCCO1. The summed E-state index contributed by atoms with van der Waals surface area (Å²) in [6.07, 6.45) is 4.60. The van der Waals surface area contributed by atoms with E-state index < -0.39 is 0 Å². The third kappa shape index (κ3) is 4.94. The van der Waals surface area contributed by atoms with E-state index in [0.717, 1.165) is 50.1 Å². The summed E-state index contributed by atoms with van der Waals surface area (Å²) < 4.78 is 8.08. The smallest absolute Gasteiger partial charge is 0.191 e. The fourth-order valence-corrected chi connectivity index (χ4v) is 4.63. The number of rotatable bonds is 8. The van der Waals surface area contributed by atoms with E-state index in [-0.39, 0.29) is 6.10 Å². The van der Waals surface area contributed by atoms with Crippen molar-refractivity contribution < 1.29 is 4.74 Å². The minimum absolute atomic E-state index is 0.279. The molecule has 0 aliphatic carbocycles. The molecule has 1 aliphatic heterocycles. The topological polar surface area (TPSA) is 43.2 Å². The zero-order valence-electron chi connectivity index (χ0n) is 18.0. The second kappa shape index (κ2) is 9.77. The van der Waals surface area contributed by atoms with Crippen LogP contribution in [-0.4, -0.2) is 45.7 Å². The van der Waals surface area contributed by atoms with Crippen molar-refractivity contribution in [2.45, 2.75) is 50.7 Å². The minimum Gasteiger partial charge on any atom is -0.376 e.